The van der Waals surface area contributed by atoms with Crippen LogP contribution in [-0.2, 0) is 20.8 Å². The molecule has 0 bridgehead atoms. The van der Waals surface area contributed by atoms with Crippen molar-refractivity contribution < 1.29 is 19.1 Å². The van der Waals surface area contributed by atoms with Crippen LogP contribution in [0, 0.1) is 10.6 Å². The van der Waals surface area contributed by atoms with Crippen LogP contribution in [0.4, 0.5) is 0 Å². The van der Waals surface area contributed by atoms with Crippen LogP contribution in [0.15, 0.2) is 36.5 Å². The summed E-state index contributed by atoms with van der Waals surface area (Å²) < 4.78 is 0.852. The van der Waals surface area contributed by atoms with Crippen LogP contribution >= 0.6 is 0 Å². The van der Waals surface area contributed by atoms with E-state index in [1.807, 2.05) is 45.0 Å². The molecule has 1 atom stereocenters. The maximum Gasteiger partial charge on any atom is 0.290 e. The number of para-hydroxylation sites is 1. The largest absolute Gasteiger partial charge is 0.618 e. The van der Waals surface area contributed by atoms with Crippen LogP contribution in [0.25, 0.3) is 10.9 Å². The van der Waals surface area contributed by atoms with Gasteiger partial charge in [0, 0.05) is 30.5 Å². The first-order valence-corrected chi connectivity index (χ1v) is 10.7. The molecule has 1 aliphatic rings. The Bertz CT molecular complexity index is 967. The topological polar surface area (TPSA) is 81.4 Å². The molecule has 30 heavy (non-hydrogen) atoms. The van der Waals surface area contributed by atoms with E-state index in [1.165, 1.54) is 11.1 Å². The fourth-order valence-corrected chi connectivity index (χ4v) is 4.28. The minimum atomic E-state index is -0.647. The van der Waals surface area contributed by atoms with Crippen molar-refractivity contribution in [2.45, 2.75) is 65.3 Å². The van der Waals surface area contributed by atoms with Gasteiger partial charge >= 0.3 is 0 Å². The van der Waals surface area contributed by atoms with Crippen LogP contribution in [0.5, 0.6) is 0 Å². The molecule has 1 unspecified atom stereocenters. The number of carbonyl (C=O) groups is 3. The number of likely N-dealkylation sites (tertiary alicyclic amines) is 1. The van der Waals surface area contributed by atoms with Crippen LogP contribution in [0.1, 0.15) is 58.4 Å². The Kier molecular flexibility index (Phi) is 6.54. The van der Waals surface area contributed by atoms with Gasteiger partial charge in [-0.1, -0.05) is 32.9 Å². The lowest BCUT2D eigenvalue weighted by Gasteiger charge is -2.31. The average Bonchev–Trinajstić information content (AvgIpc) is 3.22. The van der Waals surface area contributed by atoms with Crippen molar-refractivity contribution in [1.82, 2.24) is 4.90 Å². The van der Waals surface area contributed by atoms with Gasteiger partial charge in [0.1, 0.15) is 0 Å². The second kappa shape index (κ2) is 8.94. The van der Waals surface area contributed by atoms with E-state index >= 15 is 0 Å². The summed E-state index contributed by atoms with van der Waals surface area (Å²) in [5.41, 5.74) is 0.989. The van der Waals surface area contributed by atoms with Crippen molar-refractivity contribution >= 4 is 28.4 Å². The fraction of sp³-hybridized carbons (Fsp3) is 0.500. The maximum absolute atomic E-state index is 13.3. The summed E-state index contributed by atoms with van der Waals surface area (Å²) in [5, 5.41) is 12.9. The van der Waals surface area contributed by atoms with E-state index in [0.717, 1.165) is 22.1 Å². The number of pyridine rings is 1. The average molecular weight is 411 g/mol. The zero-order chi connectivity index (χ0) is 21.9. The van der Waals surface area contributed by atoms with Gasteiger partial charge in [-0.05, 0) is 43.7 Å². The highest BCUT2D eigenvalue weighted by atomic mass is 16.5. The summed E-state index contributed by atoms with van der Waals surface area (Å²) in [5.74, 6) is -0.911. The number of Topliss-reactive ketones (excluding diaryl/α,β-unsaturated/α-hetero) is 2. The first kappa shape index (κ1) is 21.9. The van der Waals surface area contributed by atoms with E-state index in [9.17, 15) is 19.6 Å². The zero-order valence-electron chi connectivity index (χ0n) is 18.0. The maximum atomic E-state index is 13.3. The van der Waals surface area contributed by atoms with Crippen LogP contribution in [-0.4, -0.2) is 35.0 Å². The molecular formula is C24H30N2O4. The molecule has 1 amide bonds. The molecule has 1 saturated heterocycles. The van der Waals surface area contributed by atoms with Gasteiger partial charge in [-0.2, -0.15) is 4.73 Å². The van der Waals surface area contributed by atoms with Crippen molar-refractivity contribution in [3.05, 3.63) is 47.3 Å². The van der Waals surface area contributed by atoms with Gasteiger partial charge < -0.3 is 10.1 Å². The number of hydrogen-bond donors (Lipinski definition) is 0. The highest BCUT2D eigenvalue weighted by Crippen LogP contribution is 2.32. The summed E-state index contributed by atoms with van der Waals surface area (Å²) in [6.07, 6.45) is 4.94. The Morgan fingerprint density at radius 3 is 2.67 bits per heavy atom. The van der Waals surface area contributed by atoms with Crippen molar-refractivity contribution in [3.63, 3.8) is 0 Å². The summed E-state index contributed by atoms with van der Waals surface area (Å²) in [4.78, 5) is 39.4. The molecule has 160 valence electrons. The Labute approximate surface area is 177 Å². The molecule has 1 fully saturated rings. The summed E-state index contributed by atoms with van der Waals surface area (Å²) in [7, 11) is 0. The lowest BCUT2D eigenvalue weighted by atomic mass is 9.78. The molecule has 1 aromatic carbocycles. The monoisotopic (exact) mass is 410 g/mol. The van der Waals surface area contributed by atoms with Gasteiger partial charge in [-0.25, -0.2) is 0 Å². The quantitative estimate of drug-likeness (QED) is 0.380. The smallest absolute Gasteiger partial charge is 0.290 e. The van der Waals surface area contributed by atoms with E-state index in [4.69, 9.17) is 0 Å². The van der Waals surface area contributed by atoms with Gasteiger partial charge in [-0.3, -0.25) is 14.4 Å². The standard InChI is InChI=1S/C24H30N2O4/c1-4-8-21(27)23(29)25-15-7-11-20(25)22(28)24(2,3)14-12-17-13-16-26(30)19-10-6-5-9-18(17)19/h5-6,9-10,13,16,20H,4,7-8,11-12,14-15H2,1-3H3. The van der Waals surface area contributed by atoms with Crippen LogP contribution in [0.3, 0.4) is 0 Å². The molecule has 1 aromatic heterocycles. The number of carbonyl (C=O) groups excluding carboxylic acids is 3. The van der Waals surface area contributed by atoms with Gasteiger partial charge in [0.2, 0.25) is 11.3 Å². The molecule has 3 rings (SSSR count). The minimum Gasteiger partial charge on any atom is -0.618 e. The van der Waals surface area contributed by atoms with E-state index in [-0.39, 0.29) is 12.2 Å². The Morgan fingerprint density at radius 1 is 1.20 bits per heavy atom. The highest BCUT2D eigenvalue weighted by molar-refractivity contribution is 6.36. The predicted octanol–water partition coefficient (Wildman–Crippen LogP) is 3.36. The number of nitrogens with zero attached hydrogens (tertiary/aromatic N) is 2. The number of fused-ring (bicyclic) bond motifs is 1. The molecular weight excluding hydrogens is 380 g/mol. The molecule has 2 heterocycles. The molecule has 6 heteroatoms. The van der Waals surface area contributed by atoms with E-state index < -0.39 is 23.1 Å². The van der Waals surface area contributed by atoms with Gasteiger partial charge in [0.15, 0.2) is 12.0 Å². The molecule has 1 aliphatic heterocycles. The Hall–Kier alpha value is -2.76. The minimum absolute atomic E-state index is 0.0109. The molecule has 0 N–H and O–H groups in total. The molecule has 6 nitrogen and oxygen atoms in total. The first-order valence-electron chi connectivity index (χ1n) is 10.7. The third kappa shape index (κ3) is 4.37. The Balaban J connectivity index is 1.74. The number of benzene rings is 1. The molecule has 2 aromatic rings. The van der Waals surface area contributed by atoms with Crippen molar-refractivity contribution in [2.75, 3.05) is 6.54 Å². The highest BCUT2D eigenvalue weighted by Gasteiger charge is 2.42. The molecule has 0 aliphatic carbocycles. The van der Waals surface area contributed by atoms with E-state index in [1.54, 1.807) is 6.07 Å². The number of rotatable bonds is 8. The van der Waals surface area contributed by atoms with Gasteiger partial charge in [-0.15, -0.1) is 0 Å². The molecule has 0 spiro atoms. The molecule has 0 radical (unpaired) electrons. The third-order valence-electron chi connectivity index (χ3n) is 6.12. The van der Waals surface area contributed by atoms with E-state index in [0.29, 0.717) is 37.7 Å². The first-order chi connectivity index (χ1) is 14.3. The Morgan fingerprint density at radius 2 is 1.93 bits per heavy atom. The van der Waals surface area contributed by atoms with Crippen LogP contribution < -0.4 is 4.73 Å². The van der Waals surface area contributed by atoms with Gasteiger partial charge in [0.05, 0.1) is 11.4 Å². The second-order valence-corrected chi connectivity index (χ2v) is 8.76. The second-order valence-electron chi connectivity index (χ2n) is 8.76. The SMILES string of the molecule is CCCC(=O)C(=O)N1CCCC1C(=O)C(C)(C)CCc1cc[n+]([O-])c2ccccc12. The van der Waals surface area contributed by atoms with Crippen molar-refractivity contribution in [1.29, 1.82) is 0 Å². The number of amides is 1. The fourth-order valence-electron chi connectivity index (χ4n) is 4.28. The number of aryl methyl sites for hydroxylation is 1. The van der Waals surface area contributed by atoms with Crippen molar-refractivity contribution in [3.8, 4) is 0 Å². The number of ketones is 2. The van der Waals surface area contributed by atoms with Crippen LogP contribution in [0.2, 0.25) is 0 Å². The zero-order valence-corrected chi connectivity index (χ0v) is 18.0. The lowest BCUT2D eigenvalue weighted by Crippen LogP contribution is -2.48. The number of aromatic nitrogens is 1. The van der Waals surface area contributed by atoms with Crippen molar-refractivity contribution in [2.24, 2.45) is 5.41 Å². The predicted molar refractivity (Wildman–Crippen MR) is 115 cm³/mol. The normalized spacial score (nSPS) is 16.8. The summed E-state index contributed by atoms with van der Waals surface area (Å²) in [6.45, 7) is 6.14. The third-order valence-corrected chi connectivity index (χ3v) is 6.12. The van der Waals surface area contributed by atoms with E-state index in [2.05, 4.69) is 0 Å². The summed E-state index contributed by atoms with van der Waals surface area (Å²) in [6, 6.07) is 8.73. The molecule has 0 saturated carbocycles. The summed E-state index contributed by atoms with van der Waals surface area (Å²) >= 11 is 0. The lowest BCUT2D eigenvalue weighted by molar-refractivity contribution is -0.577. The number of hydrogen-bond acceptors (Lipinski definition) is 4. The van der Waals surface area contributed by atoms with Gasteiger partial charge in [0.25, 0.3) is 5.91 Å².